The highest BCUT2D eigenvalue weighted by atomic mass is 16.1. The Kier molecular flexibility index (Phi) is 4.28. The van der Waals surface area contributed by atoms with Crippen LogP contribution in [0.3, 0.4) is 0 Å². The molecule has 0 atom stereocenters. The van der Waals surface area contributed by atoms with Crippen LogP contribution in [0.25, 0.3) is 10.9 Å². The highest BCUT2D eigenvalue weighted by Crippen LogP contribution is 2.24. The Morgan fingerprint density at radius 3 is 2.42 bits per heavy atom. The van der Waals surface area contributed by atoms with Crippen LogP contribution in [0.1, 0.15) is 21.5 Å². The van der Waals surface area contributed by atoms with E-state index in [1.165, 1.54) is 5.56 Å². The Labute approximate surface area is 152 Å². The molecule has 0 saturated carbocycles. The second kappa shape index (κ2) is 6.89. The van der Waals surface area contributed by atoms with Gasteiger partial charge in [-0.3, -0.25) is 4.79 Å². The highest BCUT2D eigenvalue weighted by Gasteiger charge is 2.15. The molecule has 4 aromatic rings. The van der Waals surface area contributed by atoms with Gasteiger partial charge in [-0.25, -0.2) is 0 Å². The number of carbonyl (C=O) groups is 1. The minimum atomic E-state index is -0.0812. The van der Waals surface area contributed by atoms with E-state index in [0.29, 0.717) is 5.56 Å². The number of hydrogen-bond donors (Lipinski definition) is 1. The lowest BCUT2D eigenvalue weighted by Gasteiger charge is -2.11. The summed E-state index contributed by atoms with van der Waals surface area (Å²) >= 11 is 0. The summed E-state index contributed by atoms with van der Waals surface area (Å²) in [4.78, 5) is 12.9. The van der Waals surface area contributed by atoms with Crippen LogP contribution in [-0.2, 0) is 13.5 Å². The van der Waals surface area contributed by atoms with Gasteiger partial charge in [-0.15, -0.1) is 0 Å². The number of anilines is 1. The van der Waals surface area contributed by atoms with Crippen molar-refractivity contribution in [1.29, 1.82) is 0 Å². The maximum absolute atomic E-state index is 12.9. The molecule has 0 unspecified atom stereocenters. The summed E-state index contributed by atoms with van der Waals surface area (Å²) in [7, 11) is 1.96. The van der Waals surface area contributed by atoms with Gasteiger partial charge in [0.25, 0.3) is 5.91 Å². The SMILES string of the molecule is Cn1cc(C(=O)Nc2ccccc2Cc2ccccc2)c2ccccc21. The zero-order valence-electron chi connectivity index (χ0n) is 14.6. The van der Waals surface area contributed by atoms with Crippen LogP contribution in [0.4, 0.5) is 5.69 Å². The summed E-state index contributed by atoms with van der Waals surface area (Å²) in [6.07, 6.45) is 2.67. The number of benzene rings is 3. The van der Waals surface area contributed by atoms with Crippen molar-refractivity contribution in [3.05, 3.63) is 102 Å². The minimum absolute atomic E-state index is 0.0812. The molecule has 0 aliphatic carbocycles. The van der Waals surface area contributed by atoms with Gasteiger partial charge < -0.3 is 9.88 Å². The zero-order chi connectivity index (χ0) is 17.9. The molecule has 0 bridgehead atoms. The third-order valence-electron chi connectivity index (χ3n) is 4.64. The monoisotopic (exact) mass is 340 g/mol. The summed E-state index contributed by atoms with van der Waals surface area (Å²) in [5, 5.41) is 4.07. The summed E-state index contributed by atoms with van der Waals surface area (Å²) in [5.74, 6) is -0.0812. The molecule has 0 aliphatic rings. The number of carbonyl (C=O) groups excluding carboxylic acids is 1. The van der Waals surface area contributed by atoms with Crippen molar-refractivity contribution < 1.29 is 4.79 Å². The van der Waals surface area contributed by atoms with Gasteiger partial charge in [0.1, 0.15) is 0 Å². The first-order valence-corrected chi connectivity index (χ1v) is 8.69. The lowest BCUT2D eigenvalue weighted by atomic mass is 10.0. The van der Waals surface area contributed by atoms with Gasteiger partial charge in [0.05, 0.1) is 5.56 Å². The van der Waals surface area contributed by atoms with Crippen LogP contribution in [0.5, 0.6) is 0 Å². The predicted molar refractivity (Wildman–Crippen MR) is 107 cm³/mol. The molecular formula is C23H20N2O. The molecule has 128 valence electrons. The van der Waals surface area contributed by atoms with E-state index in [2.05, 4.69) is 23.5 Å². The van der Waals surface area contributed by atoms with Gasteiger partial charge in [-0.05, 0) is 29.7 Å². The molecule has 0 aliphatic heterocycles. The fourth-order valence-electron chi connectivity index (χ4n) is 3.32. The van der Waals surface area contributed by atoms with Crippen molar-refractivity contribution in [2.45, 2.75) is 6.42 Å². The molecular weight excluding hydrogens is 320 g/mol. The molecule has 1 aromatic heterocycles. The summed E-state index contributed by atoms with van der Waals surface area (Å²) in [6, 6.07) is 26.2. The molecule has 1 heterocycles. The Hall–Kier alpha value is -3.33. The first kappa shape index (κ1) is 16.2. The molecule has 4 rings (SSSR count). The fourth-order valence-corrected chi connectivity index (χ4v) is 3.32. The van der Waals surface area contributed by atoms with E-state index >= 15 is 0 Å². The van der Waals surface area contributed by atoms with Gasteiger partial charge in [-0.2, -0.15) is 0 Å². The standard InChI is InChI=1S/C23H20N2O/c1-25-16-20(19-12-6-8-14-22(19)25)23(26)24-21-13-7-5-11-18(21)15-17-9-3-2-4-10-17/h2-14,16H,15H2,1H3,(H,24,26). The van der Waals surface area contributed by atoms with Crippen LogP contribution >= 0.6 is 0 Å². The van der Waals surface area contributed by atoms with Gasteiger partial charge in [0, 0.05) is 29.8 Å². The molecule has 0 radical (unpaired) electrons. The second-order valence-electron chi connectivity index (χ2n) is 6.44. The Bertz CT molecular complexity index is 1060. The average Bonchev–Trinajstić information content (AvgIpc) is 3.01. The summed E-state index contributed by atoms with van der Waals surface area (Å²) in [6.45, 7) is 0. The van der Waals surface area contributed by atoms with Gasteiger partial charge in [-0.1, -0.05) is 66.7 Å². The van der Waals surface area contributed by atoms with Gasteiger partial charge in [0.2, 0.25) is 0 Å². The number of hydrogen-bond acceptors (Lipinski definition) is 1. The second-order valence-corrected chi connectivity index (χ2v) is 6.44. The normalized spacial score (nSPS) is 10.8. The fraction of sp³-hybridized carbons (Fsp3) is 0.0870. The Morgan fingerprint density at radius 1 is 0.885 bits per heavy atom. The van der Waals surface area contributed by atoms with Gasteiger partial charge >= 0.3 is 0 Å². The Balaban J connectivity index is 1.64. The van der Waals surface area contributed by atoms with Crippen molar-refractivity contribution in [3.63, 3.8) is 0 Å². The third kappa shape index (κ3) is 3.11. The molecule has 26 heavy (non-hydrogen) atoms. The number of para-hydroxylation sites is 2. The number of fused-ring (bicyclic) bond motifs is 1. The van der Waals surface area contributed by atoms with Crippen molar-refractivity contribution in [3.8, 4) is 0 Å². The maximum Gasteiger partial charge on any atom is 0.257 e. The quantitative estimate of drug-likeness (QED) is 0.556. The average molecular weight is 340 g/mol. The molecule has 0 fully saturated rings. The lowest BCUT2D eigenvalue weighted by Crippen LogP contribution is -2.13. The van der Waals surface area contributed by atoms with Crippen LogP contribution in [0.2, 0.25) is 0 Å². The van der Waals surface area contributed by atoms with E-state index in [0.717, 1.165) is 28.6 Å². The summed E-state index contributed by atoms with van der Waals surface area (Å²) < 4.78 is 1.99. The van der Waals surface area contributed by atoms with E-state index in [-0.39, 0.29) is 5.91 Å². The molecule has 0 spiro atoms. The first-order valence-electron chi connectivity index (χ1n) is 8.69. The number of nitrogens with zero attached hydrogens (tertiary/aromatic N) is 1. The van der Waals surface area contributed by atoms with Crippen LogP contribution in [0.15, 0.2) is 85.1 Å². The molecule has 1 amide bonds. The van der Waals surface area contributed by atoms with E-state index in [1.807, 2.05) is 78.5 Å². The van der Waals surface area contributed by atoms with Crippen molar-refractivity contribution in [2.75, 3.05) is 5.32 Å². The number of aryl methyl sites for hydroxylation is 1. The molecule has 3 heteroatoms. The zero-order valence-corrected chi connectivity index (χ0v) is 14.6. The summed E-state index contributed by atoms with van der Waals surface area (Å²) in [5.41, 5.74) is 4.92. The minimum Gasteiger partial charge on any atom is -0.350 e. The van der Waals surface area contributed by atoms with E-state index in [1.54, 1.807) is 0 Å². The number of nitrogens with one attached hydrogen (secondary N) is 1. The van der Waals surface area contributed by atoms with Crippen molar-refractivity contribution in [2.24, 2.45) is 7.05 Å². The van der Waals surface area contributed by atoms with Crippen LogP contribution in [0, 0.1) is 0 Å². The van der Waals surface area contributed by atoms with Crippen molar-refractivity contribution >= 4 is 22.5 Å². The molecule has 0 saturated heterocycles. The smallest absolute Gasteiger partial charge is 0.257 e. The number of amides is 1. The van der Waals surface area contributed by atoms with E-state index in [4.69, 9.17) is 0 Å². The predicted octanol–water partition coefficient (Wildman–Crippen LogP) is 5.02. The molecule has 3 nitrogen and oxygen atoms in total. The van der Waals surface area contributed by atoms with Crippen LogP contribution in [-0.4, -0.2) is 10.5 Å². The van der Waals surface area contributed by atoms with Crippen LogP contribution < -0.4 is 5.32 Å². The largest absolute Gasteiger partial charge is 0.350 e. The molecule has 1 N–H and O–H groups in total. The third-order valence-corrected chi connectivity index (χ3v) is 4.64. The number of rotatable bonds is 4. The van der Waals surface area contributed by atoms with Crippen molar-refractivity contribution in [1.82, 2.24) is 4.57 Å². The van der Waals surface area contributed by atoms with Gasteiger partial charge in [0.15, 0.2) is 0 Å². The first-order chi connectivity index (χ1) is 12.7. The topological polar surface area (TPSA) is 34.0 Å². The molecule has 3 aromatic carbocycles. The highest BCUT2D eigenvalue weighted by molar-refractivity contribution is 6.13. The number of aromatic nitrogens is 1. The lowest BCUT2D eigenvalue weighted by molar-refractivity contribution is 0.102. The van der Waals surface area contributed by atoms with E-state index < -0.39 is 0 Å². The maximum atomic E-state index is 12.9. The Morgan fingerprint density at radius 2 is 1.58 bits per heavy atom. The van der Waals surface area contributed by atoms with E-state index in [9.17, 15) is 4.79 Å².